The normalized spacial score (nSPS) is 9.73. The molecule has 0 spiro atoms. The van der Waals surface area contributed by atoms with Crippen molar-refractivity contribution in [1.82, 2.24) is 9.97 Å². The van der Waals surface area contributed by atoms with Crippen LogP contribution in [0.2, 0.25) is 0 Å². The van der Waals surface area contributed by atoms with E-state index in [2.05, 4.69) is 21.8 Å². The van der Waals surface area contributed by atoms with Crippen molar-refractivity contribution in [3.63, 3.8) is 0 Å². The second kappa shape index (κ2) is 3.32. The molecule has 1 rings (SSSR count). The molecule has 1 aromatic rings. The van der Waals surface area contributed by atoms with E-state index in [1.54, 1.807) is 6.33 Å². The highest BCUT2D eigenvalue weighted by molar-refractivity contribution is 5.36. The first-order chi connectivity index (χ1) is 5.24. The van der Waals surface area contributed by atoms with Gasteiger partial charge in [0.25, 0.3) is 0 Å². The molecule has 0 fully saturated rings. The minimum Gasteiger partial charge on any atom is -0.360 e. The van der Waals surface area contributed by atoms with Gasteiger partial charge in [0.2, 0.25) is 0 Å². The molecule has 0 aliphatic heterocycles. The molecule has 60 valence electrons. The van der Waals surface area contributed by atoms with E-state index in [0.29, 0.717) is 0 Å². The molecular weight excluding hydrogens is 138 g/mol. The molecule has 11 heavy (non-hydrogen) atoms. The Labute approximate surface area is 67.1 Å². The average Bonchev–Trinajstić information content (AvgIpc) is 2.03. The maximum Gasteiger partial charge on any atom is 0.131 e. The van der Waals surface area contributed by atoms with Crippen LogP contribution in [0.5, 0.6) is 0 Å². The predicted molar refractivity (Wildman–Crippen MR) is 45.7 cm³/mol. The van der Waals surface area contributed by atoms with E-state index in [0.717, 1.165) is 18.1 Å². The largest absolute Gasteiger partial charge is 0.360 e. The van der Waals surface area contributed by atoms with Crippen LogP contribution in [0, 0.1) is 6.92 Å². The van der Waals surface area contributed by atoms with E-state index >= 15 is 0 Å². The Hall–Kier alpha value is -1.12. The minimum atomic E-state index is 0.969. The fraction of sp³-hybridized carbons (Fsp3) is 0.500. The molecule has 0 aliphatic rings. The Kier molecular flexibility index (Phi) is 2.41. The van der Waals surface area contributed by atoms with Gasteiger partial charge in [-0.3, -0.25) is 0 Å². The van der Waals surface area contributed by atoms with Gasteiger partial charge in [0.05, 0.1) is 0 Å². The van der Waals surface area contributed by atoms with Crippen LogP contribution in [0.3, 0.4) is 0 Å². The zero-order chi connectivity index (χ0) is 8.27. The molecule has 1 heterocycles. The van der Waals surface area contributed by atoms with Gasteiger partial charge in [0, 0.05) is 25.4 Å². The summed E-state index contributed by atoms with van der Waals surface area (Å²) in [6, 6.07) is 1.98. The van der Waals surface area contributed by atoms with Crippen LogP contribution >= 0.6 is 0 Å². The standard InChI is InChI=1S/C8H13N3/c1-4-11(3)8-5-7(2)9-6-10-8/h5-6H,4H2,1-3H3. The first kappa shape index (κ1) is 7.98. The Balaban J connectivity index is 2.86. The van der Waals surface area contributed by atoms with Gasteiger partial charge in [-0.1, -0.05) is 0 Å². The predicted octanol–water partition coefficient (Wildman–Crippen LogP) is 1.24. The van der Waals surface area contributed by atoms with Crippen molar-refractivity contribution in [2.75, 3.05) is 18.5 Å². The number of nitrogens with zero attached hydrogens (tertiary/aromatic N) is 3. The van der Waals surface area contributed by atoms with Crippen LogP contribution in [0.15, 0.2) is 12.4 Å². The molecule has 0 amide bonds. The van der Waals surface area contributed by atoms with Crippen molar-refractivity contribution >= 4 is 5.82 Å². The van der Waals surface area contributed by atoms with Crippen LogP contribution in [0.4, 0.5) is 5.82 Å². The summed E-state index contributed by atoms with van der Waals surface area (Å²) in [6.45, 7) is 5.03. The van der Waals surface area contributed by atoms with Gasteiger partial charge in [-0.25, -0.2) is 9.97 Å². The molecular formula is C8H13N3. The zero-order valence-corrected chi connectivity index (χ0v) is 7.20. The summed E-state index contributed by atoms with van der Waals surface area (Å²) in [6.07, 6.45) is 1.59. The first-order valence-corrected chi connectivity index (χ1v) is 3.74. The molecule has 0 N–H and O–H groups in total. The summed E-state index contributed by atoms with van der Waals surface area (Å²) in [5, 5.41) is 0. The molecule has 0 bridgehead atoms. The summed E-state index contributed by atoms with van der Waals surface area (Å²) in [5.74, 6) is 0.986. The third-order valence-corrected chi connectivity index (χ3v) is 1.65. The maximum absolute atomic E-state index is 4.13. The van der Waals surface area contributed by atoms with E-state index in [-0.39, 0.29) is 0 Å². The van der Waals surface area contributed by atoms with Gasteiger partial charge < -0.3 is 4.90 Å². The summed E-state index contributed by atoms with van der Waals surface area (Å²) >= 11 is 0. The number of hydrogen-bond donors (Lipinski definition) is 0. The highest BCUT2D eigenvalue weighted by Crippen LogP contribution is 2.06. The van der Waals surface area contributed by atoms with Crippen molar-refractivity contribution in [2.24, 2.45) is 0 Å². The monoisotopic (exact) mass is 151 g/mol. The van der Waals surface area contributed by atoms with E-state index in [1.807, 2.05) is 20.0 Å². The quantitative estimate of drug-likeness (QED) is 0.636. The van der Waals surface area contributed by atoms with E-state index in [4.69, 9.17) is 0 Å². The lowest BCUT2D eigenvalue weighted by Gasteiger charge is -2.14. The minimum absolute atomic E-state index is 0.969. The number of aryl methyl sites for hydroxylation is 1. The van der Waals surface area contributed by atoms with Gasteiger partial charge in [-0.2, -0.15) is 0 Å². The molecule has 1 aromatic heterocycles. The third kappa shape index (κ3) is 1.90. The number of hydrogen-bond acceptors (Lipinski definition) is 3. The molecule has 0 saturated heterocycles. The van der Waals surface area contributed by atoms with Crippen molar-refractivity contribution in [3.05, 3.63) is 18.1 Å². The fourth-order valence-corrected chi connectivity index (χ4v) is 0.811. The molecule has 0 atom stereocenters. The Bertz CT molecular complexity index is 235. The molecule has 0 aromatic carbocycles. The summed E-state index contributed by atoms with van der Waals surface area (Å²) in [7, 11) is 2.02. The Morgan fingerprint density at radius 2 is 2.18 bits per heavy atom. The third-order valence-electron chi connectivity index (χ3n) is 1.65. The summed E-state index contributed by atoms with van der Waals surface area (Å²) in [4.78, 5) is 10.2. The van der Waals surface area contributed by atoms with Crippen molar-refractivity contribution in [2.45, 2.75) is 13.8 Å². The fourth-order valence-electron chi connectivity index (χ4n) is 0.811. The molecule has 0 unspecified atom stereocenters. The second-order valence-electron chi connectivity index (χ2n) is 2.53. The van der Waals surface area contributed by atoms with Crippen LogP contribution in [0.25, 0.3) is 0 Å². The molecule has 3 heteroatoms. The van der Waals surface area contributed by atoms with E-state index in [1.165, 1.54) is 0 Å². The number of rotatable bonds is 2. The second-order valence-corrected chi connectivity index (χ2v) is 2.53. The van der Waals surface area contributed by atoms with Gasteiger partial charge in [0.15, 0.2) is 0 Å². The van der Waals surface area contributed by atoms with Crippen molar-refractivity contribution in [3.8, 4) is 0 Å². The summed E-state index contributed by atoms with van der Waals surface area (Å²) < 4.78 is 0. The topological polar surface area (TPSA) is 29.0 Å². The lowest BCUT2D eigenvalue weighted by Crippen LogP contribution is -2.17. The Morgan fingerprint density at radius 1 is 1.45 bits per heavy atom. The van der Waals surface area contributed by atoms with E-state index < -0.39 is 0 Å². The number of anilines is 1. The highest BCUT2D eigenvalue weighted by Gasteiger charge is 1.98. The smallest absolute Gasteiger partial charge is 0.131 e. The van der Waals surface area contributed by atoms with Gasteiger partial charge >= 0.3 is 0 Å². The first-order valence-electron chi connectivity index (χ1n) is 3.74. The van der Waals surface area contributed by atoms with Crippen molar-refractivity contribution in [1.29, 1.82) is 0 Å². The molecule has 0 saturated carbocycles. The van der Waals surface area contributed by atoms with Gasteiger partial charge in [-0.05, 0) is 13.8 Å². The zero-order valence-electron chi connectivity index (χ0n) is 7.20. The maximum atomic E-state index is 4.13. The SMILES string of the molecule is CCN(C)c1cc(C)ncn1. The molecule has 3 nitrogen and oxygen atoms in total. The number of aromatic nitrogens is 2. The molecule has 0 radical (unpaired) electrons. The van der Waals surface area contributed by atoms with E-state index in [9.17, 15) is 0 Å². The Morgan fingerprint density at radius 3 is 2.73 bits per heavy atom. The van der Waals surface area contributed by atoms with Crippen LogP contribution in [0.1, 0.15) is 12.6 Å². The van der Waals surface area contributed by atoms with Crippen LogP contribution in [-0.4, -0.2) is 23.6 Å². The average molecular weight is 151 g/mol. The lowest BCUT2D eigenvalue weighted by molar-refractivity contribution is 0.922. The summed E-state index contributed by atoms with van der Waals surface area (Å²) in [5.41, 5.74) is 1.01. The van der Waals surface area contributed by atoms with Crippen LogP contribution in [-0.2, 0) is 0 Å². The van der Waals surface area contributed by atoms with Crippen LogP contribution < -0.4 is 4.90 Å². The highest BCUT2D eigenvalue weighted by atomic mass is 15.2. The van der Waals surface area contributed by atoms with Gasteiger partial charge in [0.1, 0.15) is 12.1 Å². The van der Waals surface area contributed by atoms with Crippen molar-refractivity contribution < 1.29 is 0 Å². The lowest BCUT2D eigenvalue weighted by atomic mass is 10.4. The van der Waals surface area contributed by atoms with Gasteiger partial charge in [-0.15, -0.1) is 0 Å². The molecule has 0 aliphatic carbocycles.